The van der Waals surface area contributed by atoms with Crippen LogP contribution in [0.25, 0.3) is 5.57 Å². The van der Waals surface area contributed by atoms with Crippen molar-refractivity contribution in [2.75, 3.05) is 39.4 Å². The molecule has 1 aromatic rings. The number of pyridine rings is 1. The second-order valence-electron chi connectivity index (χ2n) is 11.2. The number of carbonyl (C=O) groups is 1. The fraction of sp³-hybridized carbons (Fsp3) is 0.613. The topological polar surface area (TPSA) is 90.6 Å². The van der Waals surface area contributed by atoms with E-state index >= 15 is 0 Å². The number of allylic oxidation sites excluding steroid dienone is 3. The number of aromatic nitrogens is 1. The fourth-order valence-electron chi connectivity index (χ4n) is 5.55. The number of piperidine rings is 2. The number of aliphatic hydroxyl groups is 1. The number of rotatable bonds is 8. The van der Waals surface area contributed by atoms with Crippen LogP contribution in [-0.2, 0) is 4.79 Å². The number of guanidine groups is 1. The molecule has 1 N–H and O–H groups in total. The van der Waals surface area contributed by atoms with Crippen LogP contribution in [0, 0.1) is 17.8 Å². The maximum Gasteiger partial charge on any atom is 0.226 e. The Morgan fingerprint density at radius 1 is 1.13 bits per heavy atom. The van der Waals surface area contributed by atoms with Gasteiger partial charge >= 0.3 is 0 Å². The monoisotopic (exact) mass is 535 g/mol. The van der Waals surface area contributed by atoms with E-state index in [1.165, 1.54) is 11.1 Å². The molecule has 0 spiro atoms. The molecule has 3 aliphatic rings. The van der Waals surface area contributed by atoms with Gasteiger partial charge in [-0.05, 0) is 94.0 Å². The zero-order chi connectivity index (χ0) is 27.6. The molecule has 8 heteroatoms. The molecule has 4 rings (SSSR count). The number of amides is 1. The summed E-state index contributed by atoms with van der Waals surface area (Å²) in [6.07, 6.45) is 13.4. The van der Waals surface area contributed by atoms with Crippen molar-refractivity contribution in [1.29, 1.82) is 0 Å². The maximum absolute atomic E-state index is 13.0. The number of aliphatic hydroxyl groups excluding tert-OH is 1. The minimum atomic E-state index is 0.0722. The molecule has 2 fully saturated rings. The summed E-state index contributed by atoms with van der Waals surface area (Å²) in [5.74, 6) is 2.54. The highest BCUT2D eigenvalue weighted by molar-refractivity contribution is 5.84. The van der Waals surface area contributed by atoms with Crippen molar-refractivity contribution in [2.45, 2.75) is 65.2 Å². The summed E-state index contributed by atoms with van der Waals surface area (Å²) in [5.41, 5.74) is 3.60. The van der Waals surface area contributed by atoms with Crippen molar-refractivity contribution >= 4 is 24.2 Å². The molecule has 212 valence electrons. The Bertz CT molecular complexity index is 1050. The third-order valence-corrected chi connectivity index (χ3v) is 8.52. The second-order valence-corrected chi connectivity index (χ2v) is 11.2. The molecular formula is C31H45N5O3. The molecule has 1 aromatic heterocycles. The fourth-order valence-corrected chi connectivity index (χ4v) is 5.55. The van der Waals surface area contributed by atoms with E-state index in [-0.39, 0.29) is 18.4 Å². The molecule has 1 amide bonds. The Hall–Kier alpha value is -3.00. The van der Waals surface area contributed by atoms with Gasteiger partial charge in [-0.15, -0.1) is 0 Å². The SMILES string of the molecule is C=N/C(=N\C=C(/C)CC)N1CCC(COc2ccc(C3=CCC(C(=O)N4CCC(CO)CC4)CC3)cn2)CC1. The van der Waals surface area contributed by atoms with Crippen LogP contribution >= 0.6 is 0 Å². The average Bonchev–Trinajstić information content (AvgIpc) is 3.00. The minimum absolute atomic E-state index is 0.0722. The summed E-state index contributed by atoms with van der Waals surface area (Å²) in [5, 5.41) is 9.34. The maximum atomic E-state index is 13.0. The van der Waals surface area contributed by atoms with E-state index in [2.05, 4.69) is 52.6 Å². The Labute approximate surface area is 233 Å². The lowest BCUT2D eigenvalue weighted by atomic mass is 9.85. The first-order valence-electron chi connectivity index (χ1n) is 14.6. The standard InChI is InChI=1S/C31H45N5O3/c1-4-23(2)19-34-31(32-3)36-17-13-25(14-18-36)22-39-29-10-9-28(20-33-29)26-5-7-27(8-6-26)30(38)35-15-11-24(21-37)12-16-35/h5,9-10,19-20,24-25,27,37H,3-4,6-8,11-18,21-22H2,1-2H3/b23-19+,34-31+. The Kier molecular flexibility index (Phi) is 10.7. The van der Waals surface area contributed by atoms with Crippen LogP contribution in [0.4, 0.5) is 0 Å². The van der Waals surface area contributed by atoms with Gasteiger partial charge in [-0.25, -0.2) is 15.0 Å². The molecule has 0 saturated carbocycles. The quantitative estimate of drug-likeness (QED) is 0.375. The lowest BCUT2D eigenvalue weighted by molar-refractivity contribution is -0.137. The van der Waals surface area contributed by atoms with Gasteiger partial charge in [0.05, 0.1) is 6.61 Å². The van der Waals surface area contributed by atoms with E-state index in [1.54, 1.807) is 0 Å². The molecule has 0 bridgehead atoms. The first-order valence-corrected chi connectivity index (χ1v) is 14.6. The lowest BCUT2D eigenvalue weighted by Gasteiger charge is -2.34. The Morgan fingerprint density at radius 3 is 2.44 bits per heavy atom. The predicted molar refractivity (Wildman–Crippen MR) is 157 cm³/mol. The number of likely N-dealkylation sites (tertiary alicyclic amines) is 2. The van der Waals surface area contributed by atoms with Crippen molar-refractivity contribution in [3.63, 3.8) is 0 Å². The van der Waals surface area contributed by atoms with Crippen LogP contribution in [0.2, 0.25) is 0 Å². The summed E-state index contributed by atoms with van der Waals surface area (Å²) in [6, 6.07) is 4.05. The zero-order valence-corrected chi connectivity index (χ0v) is 23.7. The molecule has 0 aromatic carbocycles. The number of ether oxygens (including phenoxy) is 1. The molecule has 2 saturated heterocycles. The summed E-state index contributed by atoms with van der Waals surface area (Å²) >= 11 is 0. The van der Waals surface area contributed by atoms with Gasteiger partial charge in [0.25, 0.3) is 0 Å². The van der Waals surface area contributed by atoms with E-state index in [9.17, 15) is 9.90 Å². The minimum Gasteiger partial charge on any atom is -0.477 e. The first kappa shape index (κ1) is 29.0. The van der Waals surface area contributed by atoms with Gasteiger partial charge < -0.3 is 19.6 Å². The van der Waals surface area contributed by atoms with Crippen LogP contribution in [0.1, 0.15) is 70.8 Å². The third-order valence-electron chi connectivity index (χ3n) is 8.52. The van der Waals surface area contributed by atoms with Crippen LogP contribution in [-0.4, -0.2) is 77.9 Å². The van der Waals surface area contributed by atoms with Gasteiger partial charge in [-0.1, -0.05) is 18.6 Å². The second kappa shape index (κ2) is 14.4. The first-order chi connectivity index (χ1) is 19.0. The number of hydrogen-bond acceptors (Lipinski definition) is 5. The smallest absolute Gasteiger partial charge is 0.226 e. The van der Waals surface area contributed by atoms with Gasteiger partial charge in [0.1, 0.15) is 0 Å². The summed E-state index contributed by atoms with van der Waals surface area (Å²) in [4.78, 5) is 30.4. The summed E-state index contributed by atoms with van der Waals surface area (Å²) in [7, 11) is 0. The molecule has 8 nitrogen and oxygen atoms in total. The van der Waals surface area contributed by atoms with Gasteiger partial charge in [-0.3, -0.25) is 4.79 Å². The van der Waals surface area contributed by atoms with Crippen molar-refractivity contribution < 1.29 is 14.6 Å². The molecule has 3 heterocycles. The van der Waals surface area contributed by atoms with Gasteiger partial charge in [0.15, 0.2) is 0 Å². The Balaban J connectivity index is 1.21. The molecule has 1 unspecified atom stereocenters. The highest BCUT2D eigenvalue weighted by atomic mass is 16.5. The van der Waals surface area contributed by atoms with Gasteiger partial charge in [0.2, 0.25) is 17.7 Å². The van der Waals surface area contributed by atoms with Gasteiger partial charge in [-0.2, -0.15) is 0 Å². The van der Waals surface area contributed by atoms with E-state index < -0.39 is 0 Å². The largest absolute Gasteiger partial charge is 0.477 e. The van der Waals surface area contributed by atoms with E-state index in [0.717, 1.165) is 83.1 Å². The van der Waals surface area contributed by atoms with Crippen LogP contribution < -0.4 is 4.74 Å². The molecule has 2 aliphatic heterocycles. The number of aliphatic imine (C=N–C) groups is 2. The highest BCUT2D eigenvalue weighted by Gasteiger charge is 2.29. The van der Waals surface area contributed by atoms with Crippen LogP contribution in [0.15, 0.2) is 46.2 Å². The lowest BCUT2D eigenvalue weighted by Crippen LogP contribution is -2.42. The number of nitrogens with zero attached hydrogens (tertiary/aromatic N) is 5. The van der Waals surface area contributed by atoms with Crippen LogP contribution in [0.3, 0.4) is 0 Å². The highest BCUT2D eigenvalue weighted by Crippen LogP contribution is 2.32. The van der Waals surface area contributed by atoms with Crippen molar-refractivity contribution in [3.8, 4) is 5.88 Å². The van der Waals surface area contributed by atoms with Crippen LogP contribution in [0.5, 0.6) is 5.88 Å². The van der Waals surface area contributed by atoms with E-state index in [0.29, 0.717) is 30.3 Å². The summed E-state index contributed by atoms with van der Waals surface area (Å²) in [6.45, 7) is 12.1. The van der Waals surface area contributed by atoms with Crippen molar-refractivity contribution in [3.05, 3.63) is 41.7 Å². The average molecular weight is 536 g/mol. The molecule has 1 atom stereocenters. The van der Waals surface area contributed by atoms with E-state index in [1.807, 2.05) is 23.4 Å². The van der Waals surface area contributed by atoms with Gasteiger partial charge in [0, 0.05) is 57.2 Å². The third kappa shape index (κ3) is 8.01. The number of carbonyl (C=O) groups excluding carboxylic acids is 1. The molecule has 1 aliphatic carbocycles. The summed E-state index contributed by atoms with van der Waals surface area (Å²) < 4.78 is 6.04. The van der Waals surface area contributed by atoms with E-state index in [4.69, 9.17) is 4.74 Å². The zero-order valence-electron chi connectivity index (χ0n) is 23.7. The Morgan fingerprint density at radius 2 is 1.85 bits per heavy atom. The van der Waals surface area contributed by atoms with Crippen molar-refractivity contribution in [1.82, 2.24) is 14.8 Å². The normalized spacial score (nSPS) is 22.0. The number of hydrogen-bond donors (Lipinski definition) is 1. The molecular weight excluding hydrogens is 490 g/mol. The molecule has 39 heavy (non-hydrogen) atoms. The molecule has 0 radical (unpaired) electrons. The van der Waals surface area contributed by atoms with Crippen molar-refractivity contribution in [2.24, 2.45) is 27.7 Å². The predicted octanol–water partition coefficient (Wildman–Crippen LogP) is 4.96.